The van der Waals surface area contributed by atoms with Gasteiger partial charge in [-0.3, -0.25) is 4.79 Å². The van der Waals surface area contributed by atoms with Crippen molar-refractivity contribution in [2.45, 2.75) is 25.7 Å². The molecular weight excluding hydrogens is 314 g/mol. The van der Waals surface area contributed by atoms with Crippen LogP contribution in [0, 0.1) is 17.8 Å². The van der Waals surface area contributed by atoms with E-state index in [2.05, 4.69) is 35.2 Å². The molecule has 0 bridgehead atoms. The predicted molar refractivity (Wildman–Crippen MR) is 96.9 cm³/mol. The highest BCUT2D eigenvalue weighted by Gasteiger charge is 2.41. The van der Waals surface area contributed by atoms with Crippen LogP contribution in [0.1, 0.15) is 30.4 Å². The van der Waals surface area contributed by atoms with Crippen molar-refractivity contribution in [1.82, 2.24) is 4.90 Å². The van der Waals surface area contributed by atoms with Gasteiger partial charge in [-0.15, -0.1) is 0 Å². The second kappa shape index (κ2) is 7.30. The molecule has 1 aliphatic carbocycles. The minimum Gasteiger partial charge on any atom is -0.396 e. The van der Waals surface area contributed by atoms with Crippen molar-refractivity contribution in [3.8, 4) is 0 Å². The van der Waals surface area contributed by atoms with Crippen molar-refractivity contribution in [3.63, 3.8) is 0 Å². The van der Waals surface area contributed by atoms with Gasteiger partial charge in [0.05, 0.1) is 0 Å². The van der Waals surface area contributed by atoms with Gasteiger partial charge in [0.25, 0.3) is 0 Å². The Labute approximate surface area is 149 Å². The Kier molecular flexibility index (Phi) is 4.91. The Bertz CT molecular complexity index is 646. The van der Waals surface area contributed by atoms with E-state index in [4.69, 9.17) is 9.84 Å². The zero-order valence-electron chi connectivity index (χ0n) is 14.7. The van der Waals surface area contributed by atoms with Gasteiger partial charge in [-0.2, -0.15) is 0 Å². The molecule has 2 fully saturated rings. The number of benzene rings is 1. The molecule has 4 rings (SSSR count). The van der Waals surface area contributed by atoms with Crippen LogP contribution >= 0.6 is 0 Å². The SMILES string of the molecule is O=C(C1CCOCC1)N1C[C@H]2CC=C(c3ccc(CCO)cc3)[C@H]2C1. The zero-order chi connectivity index (χ0) is 17.2. The highest BCUT2D eigenvalue weighted by Crippen LogP contribution is 2.43. The van der Waals surface area contributed by atoms with Gasteiger partial charge in [-0.1, -0.05) is 30.3 Å². The van der Waals surface area contributed by atoms with Crippen molar-refractivity contribution in [3.05, 3.63) is 41.5 Å². The molecule has 134 valence electrons. The largest absolute Gasteiger partial charge is 0.396 e. The molecule has 0 spiro atoms. The highest BCUT2D eigenvalue weighted by atomic mass is 16.5. The molecular formula is C21H27NO3. The lowest BCUT2D eigenvalue weighted by molar-refractivity contribution is -0.137. The third-order valence-electron chi connectivity index (χ3n) is 6.05. The first kappa shape index (κ1) is 16.8. The summed E-state index contributed by atoms with van der Waals surface area (Å²) in [6.45, 7) is 3.41. The summed E-state index contributed by atoms with van der Waals surface area (Å²) in [5.74, 6) is 1.57. The molecule has 0 unspecified atom stereocenters. The van der Waals surface area contributed by atoms with E-state index in [1.54, 1.807) is 0 Å². The molecule has 0 radical (unpaired) electrons. The fraction of sp³-hybridized carbons (Fsp3) is 0.571. The molecule has 4 nitrogen and oxygen atoms in total. The molecule has 25 heavy (non-hydrogen) atoms. The third-order valence-corrected chi connectivity index (χ3v) is 6.05. The maximum absolute atomic E-state index is 12.8. The van der Waals surface area contributed by atoms with E-state index in [1.165, 1.54) is 16.7 Å². The zero-order valence-corrected chi connectivity index (χ0v) is 14.7. The molecule has 0 saturated carbocycles. The summed E-state index contributed by atoms with van der Waals surface area (Å²) in [5.41, 5.74) is 3.85. The summed E-state index contributed by atoms with van der Waals surface area (Å²) in [6, 6.07) is 8.56. The minimum atomic E-state index is 0.165. The molecule has 2 heterocycles. The fourth-order valence-electron chi connectivity index (χ4n) is 4.60. The summed E-state index contributed by atoms with van der Waals surface area (Å²) in [5, 5.41) is 9.06. The van der Waals surface area contributed by atoms with E-state index >= 15 is 0 Å². The molecule has 2 saturated heterocycles. The number of aliphatic hydroxyl groups excluding tert-OH is 1. The molecule has 1 aromatic rings. The van der Waals surface area contributed by atoms with Crippen LogP contribution in [0.25, 0.3) is 5.57 Å². The number of rotatable bonds is 4. The van der Waals surface area contributed by atoms with Crippen LogP contribution in [0.5, 0.6) is 0 Å². The van der Waals surface area contributed by atoms with Gasteiger partial charge < -0.3 is 14.7 Å². The molecule has 0 aromatic heterocycles. The summed E-state index contributed by atoms with van der Waals surface area (Å²) in [7, 11) is 0. The minimum absolute atomic E-state index is 0.165. The molecule has 4 heteroatoms. The second-order valence-corrected chi connectivity index (χ2v) is 7.56. The first-order valence-corrected chi connectivity index (χ1v) is 9.53. The molecule has 3 aliphatic rings. The predicted octanol–water partition coefficient (Wildman–Crippen LogP) is 2.51. The number of fused-ring (bicyclic) bond motifs is 1. The summed E-state index contributed by atoms with van der Waals surface area (Å²) < 4.78 is 5.39. The average molecular weight is 341 g/mol. The lowest BCUT2D eigenvalue weighted by Crippen LogP contribution is -2.37. The van der Waals surface area contributed by atoms with Crippen LogP contribution in [-0.4, -0.2) is 48.8 Å². The lowest BCUT2D eigenvalue weighted by Gasteiger charge is -2.27. The first-order valence-electron chi connectivity index (χ1n) is 9.53. The molecule has 1 amide bonds. The van der Waals surface area contributed by atoms with Crippen molar-refractivity contribution in [1.29, 1.82) is 0 Å². The normalized spacial score (nSPS) is 26.6. The smallest absolute Gasteiger partial charge is 0.225 e. The number of carbonyl (C=O) groups excluding carboxylic acids is 1. The van der Waals surface area contributed by atoms with Crippen molar-refractivity contribution in [2.75, 3.05) is 32.9 Å². The monoisotopic (exact) mass is 341 g/mol. The van der Waals surface area contributed by atoms with Gasteiger partial charge in [0, 0.05) is 44.7 Å². The number of nitrogens with zero attached hydrogens (tertiary/aromatic N) is 1. The van der Waals surface area contributed by atoms with E-state index in [9.17, 15) is 4.79 Å². The Hall–Kier alpha value is -1.65. The van der Waals surface area contributed by atoms with Crippen molar-refractivity contribution in [2.24, 2.45) is 17.8 Å². The van der Waals surface area contributed by atoms with Crippen molar-refractivity contribution < 1.29 is 14.6 Å². The topological polar surface area (TPSA) is 49.8 Å². The summed E-state index contributed by atoms with van der Waals surface area (Å²) in [6.07, 6.45) is 5.90. The summed E-state index contributed by atoms with van der Waals surface area (Å²) >= 11 is 0. The van der Waals surface area contributed by atoms with Crippen LogP contribution in [0.3, 0.4) is 0 Å². The maximum atomic E-state index is 12.8. The standard InChI is InChI=1S/C21H27NO3/c23-10-7-15-1-3-16(4-2-15)19-6-5-18-13-22(14-20(18)19)21(24)17-8-11-25-12-9-17/h1-4,6,17-18,20,23H,5,7-14H2/t18-,20+/m1/s1. The number of hydrogen-bond acceptors (Lipinski definition) is 3. The van der Waals surface area contributed by atoms with Crippen LogP contribution in [0.2, 0.25) is 0 Å². The number of likely N-dealkylation sites (tertiary alicyclic amines) is 1. The highest BCUT2D eigenvalue weighted by molar-refractivity contribution is 5.80. The van der Waals surface area contributed by atoms with Crippen molar-refractivity contribution >= 4 is 11.5 Å². The van der Waals surface area contributed by atoms with Gasteiger partial charge in [-0.05, 0) is 48.3 Å². The molecule has 1 aromatic carbocycles. The Morgan fingerprint density at radius 3 is 2.64 bits per heavy atom. The van der Waals surface area contributed by atoms with Crippen LogP contribution in [0.4, 0.5) is 0 Å². The number of carbonyl (C=O) groups is 1. The van der Waals surface area contributed by atoms with E-state index in [0.29, 0.717) is 24.2 Å². The number of amides is 1. The average Bonchev–Trinajstić information content (AvgIpc) is 3.24. The molecule has 1 N–H and O–H groups in total. The number of aliphatic hydroxyl groups is 1. The number of ether oxygens (including phenoxy) is 1. The van der Waals surface area contributed by atoms with Gasteiger partial charge in [0.2, 0.25) is 5.91 Å². The van der Waals surface area contributed by atoms with Crippen LogP contribution < -0.4 is 0 Å². The van der Waals surface area contributed by atoms with E-state index < -0.39 is 0 Å². The number of hydrogen-bond donors (Lipinski definition) is 1. The maximum Gasteiger partial charge on any atom is 0.225 e. The van der Waals surface area contributed by atoms with Gasteiger partial charge in [0.1, 0.15) is 0 Å². The van der Waals surface area contributed by atoms with Gasteiger partial charge >= 0.3 is 0 Å². The van der Waals surface area contributed by atoms with E-state index in [-0.39, 0.29) is 12.5 Å². The fourth-order valence-corrected chi connectivity index (χ4v) is 4.60. The first-order chi connectivity index (χ1) is 12.3. The molecule has 2 aliphatic heterocycles. The Morgan fingerprint density at radius 1 is 1.16 bits per heavy atom. The quantitative estimate of drug-likeness (QED) is 0.915. The van der Waals surface area contributed by atoms with Gasteiger partial charge in [-0.25, -0.2) is 0 Å². The Balaban J connectivity index is 1.43. The van der Waals surface area contributed by atoms with E-state index in [0.717, 1.165) is 45.6 Å². The second-order valence-electron chi connectivity index (χ2n) is 7.56. The van der Waals surface area contributed by atoms with Crippen LogP contribution in [0.15, 0.2) is 30.3 Å². The Morgan fingerprint density at radius 2 is 1.92 bits per heavy atom. The van der Waals surface area contributed by atoms with Gasteiger partial charge in [0.15, 0.2) is 0 Å². The summed E-state index contributed by atoms with van der Waals surface area (Å²) in [4.78, 5) is 14.9. The van der Waals surface area contributed by atoms with E-state index in [1.807, 2.05) is 0 Å². The third kappa shape index (κ3) is 3.38. The van der Waals surface area contributed by atoms with Crippen LogP contribution in [-0.2, 0) is 16.0 Å². The lowest BCUT2D eigenvalue weighted by atomic mass is 9.90. The number of allylic oxidation sites excluding steroid dienone is 1. The molecule has 2 atom stereocenters.